The van der Waals surface area contributed by atoms with Crippen LogP contribution in [0.1, 0.15) is 25.5 Å². The fraction of sp³-hybridized carbons (Fsp3) is 0.818. The lowest BCUT2D eigenvalue weighted by atomic mass is 10.3. The number of aliphatic hydroxyl groups excluding tert-OH is 1. The number of nitrogens with one attached hydrogen (secondary N) is 1. The van der Waals surface area contributed by atoms with Crippen LogP contribution in [0.5, 0.6) is 0 Å². The minimum atomic E-state index is -0.754. The number of rotatable bonds is 9. The van der Waals surface area contributed by atoms with Gasteiger partial charge >= 0.3 is 0 Å². The van der Waals surface area contributed by atoms with Gasteiger partial charge in [-0.3, -0.25) is 8.89 Å². The second-order valence-corrected chi connectivity index (χ2v) is 6.13. The van der Waals surface area contributed by atoms with Crippen molar-refractivity contribution in [2.75, 3.05) is 19.4 Å². The lowest BCUT2D eigenvalue weighted by Gasteiger charge is -2.07. The van der Waals surface area contributed by atoms with E-state index in [0.29, 0.717) is 19.5 Å². The average molecular weight is 274 g/mol. The van der Waals surface area contributed by atoms with Crippen molar-refractivity contribution in [3.63, 3.8) is 0 Å². The normalized spacial score (nSPS) is 14.6. The second kappa shape index (κ2) is 8.34. The van der Waals surface area contributed by atoms with E-state index in [1.165, 1.54) is 0 Å². The molecule has 0 aliphatic rings. The van der Waals surface area contributed by atoms with Crippen molar-refractivity contribution in [3.8, 4) is 0 Å². The first-order chi connectivity index (χ1) is 8.63. The fourth-order valence-corrected chi connectivity index (χ4v) is 1.90. The molecule has 1 rings (SSSR count). The molecular formula is C11H22N4O2S. The van der Waals surface area contributed by atoms with Gasteiger partial charge in [0, 0.05) is 48.2 Å². The largest absolute Gasteiger partial charge is 0.396 e. The molecule has 0 spiro atoms. The topological polar surface area (TPSA) is 80.0 Å². The van der Waals surface area contributed by atoms with E-state index in [4.69, 9.17) is 5.11 Å². The molecule has 0 aliphatic heterocycles. The third-order valence-electron chi connectivity index (χ3n) is 2.73. The molecule has 0 fully saturated rings. The first-order valence-electron chi connectivity index (χ1n) is 6.16. The van der Waals surface area contributed by atoms with E-state index in [9.17, 15) is 4.21 Å². The molecule has 0 radical (unpaired) electrons. The van der Waals surface area contributed by atoms with Gasteiger partial charge in [-0.25, -0.2) is 0 Å². The Bertz CT molecular complexity index is 370. The zero-order valence-corrected chi connectivity index (χ0v) is 11.8. The molecule has 0 aromatic carbocycles. The number of nitrogens with zero attached hydrogens (tertiary/aromatic N) is 3. The van der Waals surface area contributed by atoms with Crippen LogP contribution in [-0.4, -0.2) is 49.0 Å². The van der Waals surface area contributed by atoms with Crippen LogP contribution < -0.4 is 5.32 Å². The molecule has 0 saturated carbocycles. The second-order valence-electron chi connectivity index (χ2n) is 4.32. The first-order valence-corrected chi connectivity index (χ1v) is 7.78. The molecule has 1 aromatic heterocycles. The molecule has 0 amide bonds. The van der Waals surface area contributed by atoms with Gasteiger partial charge in [-0.2, -0.15) is 0 Å². The number of hydrogen-bond donors (Lipinski definition) is 2. The van der Waals surface area contributed by atoms with E-state index in [-0.39, 0.29) is 11.9 Å². The third kappa shape index (κ3) is 5.70. The van der Waals surface area contributed by atoms with Crippen LogP contribution in [0.25, 0.3) is 0 Å². The number of aromatic nitrogens is 3. The maximum atomic E-state index is 11.1. The zero-order valence-electron chi connectivity index (χ0n) is 11.0. The van der Waals surface area contributed by atoms with E-state index in [1.54, 1.807) is 10.9 Å². The lowest BCUT2D eigenvalue weighted by molar-refractivity contribution is 0.276. The predicted molar refractivity (Wildman–Crippen MR) is 71.6 cm³/mol. The maximum absolute atomic E-state index is 11.1. The number of hydrogen-bond acceptors (Lipinski definition) is 5. The van der Waals surface area contributed by atoms with Crippen molar-refractivity contribution >= 4 is 10.8 Å². The van der Waals surface area contributed by atoms with Crippen molar-refractivity contribution in [3.05, 3.63) is 11.9 Å². The smallest absolute Gasteiger partial charge is 0.0964 e. The molecule has 2 unspecified atom stereocenters. The van der Waals surface area contributed by atoms with Crippen LogP contribution >= 0.6 is 0 Å². The Hall–Kier alpha value is -0.790. The maximum Gasteiger partial charge on any atom is 0.0964 e. The molecule has 104 valence electrons. The summed E-state index contributed by atoms with van der Waals surface area (Å²) in [5.74, 6) is 0. The molecule has 1 aromatic rings. The molecule has 2 N–H and O–H groups in total. The highest BCUT2D eigenvalue weighted by atomic mass is 32.2. The molecule has 0 bridgehead atoms. The van der Waals surface area contributed by atoms with Gasteiger partial charge in [-0.15, -0.1) is 5.10 Å². The van der Waals surface area contributed by atoms with Crippen molar-refractivity contribution < 1.29 is 9.32 Å². The van der Waals surface area contributed by atoms with Gasteiger partial charge in [0.1, 0.15) is 0 Å². The Kier molecular flexibility index (Phi) is 7.07. The molecule has 0 aliphatic carbocycles. The number of aliphatic hydroxyl groups is 1. The highest BCUT2D eigenvalue weighted by Crippen LogP contribution is 1.98. The van der Waals surface area contributed by atoms with E-state index < -0.39 is 10.8 Å². The summed E-state index contributed by atoms with van der Waals surface area (Å²) in [7, 11) is -0.754. The van der Waals surface area contributed by atoms with Crippen molar-refractivity contribution in [2.24, 2.45) is 0 Å². The van der Waals surface area contributed by atoms with Gasteiger partial charge in [-0.1, -0.05) is 12.1 Å². The molecule has 7 heteroatoms. The SMILES string of the molecule is CC(CCNCc1cn(CCCO)nn1)S(C)=O. The Morgan fingerprint density at radius 2 is 2.39 bits per heavy atom. The van der Waals surface area contributed by atoms with Gasteiger partial charge in [-0.05, 0) is 19.4 Å². The molecule has 0 saturated heterocycles. The average Bonchev–Trinajstić information content (AvgIpc) is 2.79. The Labute approximate surface area is 110 Å². The summed E-state index contributed by atoms with van der Waals surface area (Å²) < 4.78 is 12.9. The van der Waals surface area contributed by atoms with Crippen LogP contribution in [0.2, 0.25) is 0 Å². The minimum absolute atomic E-state index is 0.166. The summed E-state index contributed by atoms with van der Waals surface area (Å²) >= 11 is 0. The first kappa shape index (κ1) is 15.3. The number of aryl methyl sites for hydroxylation is 1. The minimum Gasteiger partial charge on any atom is -0.396 e. The summed E-state index contributed by atoms with van der Waals surface area (Å²) in [5, 5.41) is 20.2. The van der Waals surface area contributed by atoms with Gasteiger partial charge in [0.25, 0.3) is 0 Å². The highest BCUT2D eigenvalue weighted by Gasteiger charge is 2.05. The third-order valence-corrected chi connectivity index (χ3v) is 4.10. The Morgan fingerprint density at radius 1 is 1.61 bits per heavy atom. The van der Waals surface area contributed by atoms with Crippen LogP contribution in [0.3, 0.4) is 0 Å². The van der Waals surface area contributed by atoms with Crippen LogP contribution in [-0.2, 0) is 23.9 Å². The molecule has 18 heavy (non-hydrogen) atoms. The molecule has 1 heterocycles. The van der Waals surface area contributed by atoms with Gasteiger partial charge in [0.05, 0.1) is 5.69 Å². The van der Waals surface area contributed by atoms with Gasteiger partial charge < -0.3 is 10.4 Å². The van der Waals surface area contributed by atoms with E-state index in [1.807, 2.05) is 13.1 Å². The molecular weight excluding hydrogens is 252 g/mol. The van der Waals surface area contributed by atoms with Crippen molar-refractivity contribution in [2.45, 2.75) is 38.1 Å². The monoisotopic (exact) mass is 274 g/mol. The molecule has 6 nitrogen and oxygen atoms in total. The summed E-state index contributed by atoms with van der Waals surface area (Å²) in [4.78, 5) is 0. The van der Waals surface area contributed by atoms with E-state index in [2.05, 4.69) is 15.6 Å². The summed E-state index contributed by atoms with van der Waals surface area (Å²) in [6.45, 7) is 4.34. The van der Waals surface area contributed by atoms with Crippen LogP contribution in [0, 0.1) is 0 Å². The quantitative estimate of drug-likeness (QED) is 0.615. The van der Waals surface area contributed by atoms with Crippen LogP contribution in [0.15, 0.2) is 6.20 Å². The molecule has 2 atom stereocenters. The Morgan fingerprint density at radius 3 is 3.06 bits per heavy atom. The van der Waals surface area contributed by atoms with E-state index >= 15 is 0 Å². The van der Waals surface area contributed by atoms with Gasteiger partial charge in [0.15, 0.2) is 0 Å². The predicted octanol–water partition coefficient (Wildman–Crippen LogP) is -0.0928. The summed E-state index contributed by atoms with van der Waals surface area (Å²) in [6, 6.07) is 0. The zero-order chi connectivity index (χ0) is 13.4. The Balaban J connectivity index is 2.19. The summed E-state index contributed by atoms with van der Waals surface area (Å²) in [5.41, 5.74) is 0.887. The van der Waals surface area contributed by atoms with Gasteiger partial charge in [0.2, 0.25) is 0 Å². The lowest BCUT2D eigenvalue weighted by Crippen LogP contribution is -2.21. The highest BCUT2D eigenvalue weighted by molar-refractivity contribution is 7.84. The van der Waals surface area contributed by atoms with Crippen molar-refractivity contribution in [1.29, 1.82) is 0 Å². The van der Waals surface area contributed by atoms with E-state index in [0.717, 1.165) is 18.7 Å². The van der Waals surface area contributed by atoms with Crippen LogP contribution in [0.4, 0.5) is 0 Å². The fourth-order valence-electron chi connectivity index (χ4n) is 1.45. The standard InChI is InChI=1S/C11H22N4O2S/c1-10(18(2)17)4-5-12-8-11-9-15(14-13-11)6-3-7-16/h9-10,12,16H,3-8H2,1-2H3. The van der Waals surface area contributed by atoms with Crippen molar-refractivity contribution in [1.82, 2.24) is 20.3 Å². The summed E-state index contributed by atoms with van der Waals surface area (Å²) in [6.07, 6.45) is 5.19.